The zero-order chi connectivity index (χ0) is 10.8. The van der Waals surface area contributed by atoms with Crippen molar-refractivity contribution < 1.29 is 4.39 Å². The fourth-order valence-electron chi connectivity index (χ4n) is 1.35. The number of nitrogens with one attached hydrogen (secondary N) is 1. The first-order chi connectivity index (χ1) is 7.20. The topological polar surface area (TPSA) is 28.7 Å². The van der Waals surface area contributed by atoms with Crippen LogP contribution in [0.25, 0.3) is 11.3 Å². The summed E-state index contributed by atoms with van der Waals surface area (Å²) in [7, 11) is 0. The minimum Gasteiger partial charge on any atom is -0.282 e. The lowest BCUT2D eigenvalue weighted by Crippen LogP contribution is -1.81. The Labute approximate surface area is 95.6 Å². The smallest absolute Gasteiger partial charge is 0.138 e. The Morgan fingerprint density at radius 1 is 1.40 bits per heavy atom. The van der Waals surface area contributed by atoms with E-state index in [1.165, 1.54) is 6.07 Å². The van der Waals surface area contributed by atoms with Crippen molar-refractivity contribution in [3.63, 3.8) is 0 Å². The zero-order valence-electron chi connectivity index (χ0n) is 8.22. The Hall–Kier alpha value is -1.16. The van der Waals surface area contributed by atoms with Gasteiger partial charge in [-0.15, -0.1) is 0 Å². The van der Waals surface area contributed by atoms with Crippen molar-refractivity contribution in [1.29, 1.82) is 0 Å². The molecule has 2 aromatic rings. The normalized spacial score (nSPS) is 10.6. The molecule has 0 aliphatic carbocycles. The second-order valence-electron chi connectivity index (χ2n) is 3.26. The molecule has 1 aromatic heterocycles. The van der Waals surface area contributed by atoms with E-state index in [0.29, 0.717) is 4.47 Å². The summed E-state index contributed by atoms with van der Waals surface area (Å²) in [6.45, 7) is 2.04. The Bertz CT molecular complexity index is 479. The Morgan fingerprint density at radius 2 is 2.20 bits per heavy atom. The van der Waals surface area contributed by atoms with Crippen molar-refractivity contribution in [2.75, 3.05) is 0 Å². The number of halogens is 2. The van der Waals surface area contributed by atoms with Crippen molar-refractivity contribution in [3.05, 3.63) is 40.2 Å². The lowest BCUT2D eigenvalue weighted by atomic mass is 10.1. The lowest BCUT2D eigenvalue weighted by Gasteiger charge is -1.97. The third-order valence-electron chi connectivity index (χ3n) is 2.23. The second kappa shape index (κ2) is 4.14. The van der Waals surface area contributed by atoms with Crippen molar-refractivity contribution in [2.24, 2.45) is 0 Å². The van der Waals surface area contributed by atoms with Crippen LogP contribution >= 0.6 is 15.9 Å². The van der Waals surface area contributed by atoms with Gasteiger partial charge in [-0.3, -0.25) is 5.10 Å². The third-order valence-corrected chi connectivity index (χ3v) is 2.87. The van der Waals surface area contributed by atoms with Crippen LogP contribution in [0.1, 0.15) is 12.6 Å². The molecule has 0 amide bonds. The summed E-state index contributed by atoms with van der Waals surface area (Å²) in [5.74, 6) is -0.270. The van der Waals surface area contributed by atoms with Crippen LogP contribution in [0.15, 0.2) is 28.7 Å². The van der Waals surface area contributed by atoms with Gasteiger partial charge in [0.1, 0.15) is 5.82 Å². The standard InChI is InChI=1S/C11H10BrFN2/c1-2-8-6-11(15-14-8)7-3-4-9(12)10(13)5-7/h3-6H,2H2,1H3,(H,14,15). The first-order valence-corrected chi connectivity index (χ1v) is 5.49. The summed E-state index contributed by atoms with van der Waals surface area (Å²) in [6.07, 6.45) is 0.895. The van der Waals surface area contributed by atoms with Gasteiger partial charge in [-0.1, -0.05) is 13.0 Å². The van der Waals surface area contributed by atoms with Gasteiger partial charge in [0.05, 0.1) is 10.2 Å². The predicted octanol–water partition coefficient (Wildman–Crippen LogP) is 3.54. The molecule has 0 saturated heterocycles. The number of hydrogen-bond acceptors (Lipinski definition) is 1. The highest BCUT2D eigenvalue weighted by Crippen LogP contribution is 2.23. The summed E-state index contributed by atoms with van der Waals surface area (Å²) < 4.78 is 13.7. The molecule has 0 saturated carbocycles. The van der Waals surface area contributed by atoms with Crippen molar-refractivity contribution in [2.45, 2.75) is 13.3 Å². The molecule has 78 valence electrons. The highest BCUT2D eigenvalue weighted by atomic mass is 79.9. The molecule has 0 spiro atoms. The molecule has 15 heavy (non-hydrogen) atoms. The highest BCUT2D eigenvalue weighted by molar-refractivity contribution is 9.10. The fraction of sp³-hybridized carbons (Fsp3) is 0.182. The molecule has 1 heterocycles. The van der Waals surface area contributed by atoms with Crippen LogP contribution in [-0.4, -0.2) is 10.2 Å². The minimum atomic E-state index is -0.270. The summed E-state index contributed by atoms with van der Waals surface area (Å²) in [5, 5.41) is 7.02. The van der Waals surface area contributed by atoms with Gasteiger partial charge < -0.3 is 0 Å². The summed E-state index contributed by atoms with van der Waals surface area (Å²) in [4.78, 5) is 0. The molecular weight excluding hydrogens is 259 g/mol. The highest BCUT2D eigenvalue weighted by Gasteiger charge is 2.05. The average molecular weight is 269 g/mol. The van der Waals surface area contributed by atoms with Crippen LogP contribution < -0.4 is 0 Å². The fourth-order valence-corrected chi connectivity index (χ4v) is 1.59. The van der Waals surface area contributed by atoms with Gasteiger partial charge in [0.25, 0.3) is 0 Å². The second-order valence-corrected chi connectivity index (χ2v) is 4.12. The lowest BCUT2D eigenvalue weighted by molar-refractivity contribution is 0.621. The van der Waals surface area contributed by atoms with Crippen LogP contribution in [0.3, 0.4) is 0 Å². The number of H-pyrrole nitrogens is 1. The molecule has 1 aromatic carbocycles. The molecule has 4 heteroatoms. The van der Waals surface area contributed by atoms with Gasteiger partial charge in [-0.2, -0.15) is 5.10 Å². The molecule has 0 aliphatic heterocycles. The van der Waals surface area contributed by atoms with Gasteiger partial charge >= 0.3 is 0 Å². The van der Waals surface area contributed by atoms with Crippen LogP contribution in [0.2, 0.25) is 0 Å². The van der Waals surface area contributed by atoms with Crippen molar-refractivity contribution in [3.8, 4) is 11.3 Å². The van der Waals surface area contributed by atoms with Gasteiger partial charge in [0.15, 0.2) is 0 Å². The summed E-state index contributed by atoms with van der Waals surface area (Å²) >= 11 is 3.12. The summed E-state index contributed by atoms with van der Waals surface area (Å²) in [5.41, 5.74) is 2.61. The number of rotatable bonds is 2. The number of nitrogens with zero attached hydrogens (tertiary/aromatic N) is 1. The van der Waals surface area contributed by atoms with Crippen LogP contribution in [0, 0.1) is 5.82 Å². The molecular formula is C11H10BrFN2. The van der Waals surface area contributed by atoms with E-state index >= 15 is 0 Å². The van der Waals surface area contributed by atoms with Gasteiger partial charge in [-0.25, -0.2) is 4.39 Å². The quantitative estimate of drug-likeness (QED) is 0.887. The molecule has 0 aliphatic rings. The molecule has 0 bridgehead atoms. The molecule has 0 radical (unpaired) electrons. The maximum Gasteiger partial charge on any atom is 0.138 e. The van der Waals surface area contributed by atoms with Gasteiger partial charge in [0, 0.05) is 11.3 Å². The van der Waals surface area contributed by atoms with E-state index in [4.69, 9.17) is 0 Å². The molecule has 0 atom stereocenters. The minimum absolute atomic E-state index is 0.270. The molecule has 2 rings (SSSR count). The predicted molar refractivity (Wildman–Crippen MR) is 61.1 cm³/mol. The van der Waals surface area contributed by atoms with Crippen molar-refractivity contribution in [1.82, 2.24) is 10.2 Å². The van der Waals surface area contributed by atoms with E-state index in [1.54, 1.807) is 6.07 Å². The summed E-state index contributed by atoms with van der Waals surface area (Å²) in [6, 6.07) is 6.93. The SMILES string of the molecule is CCc1cc(-c2ccc(Br)c(F)c2)n[nH]1. The van der Waals surface area contributed by atoms with E-state index < -0.39 is 0 Å². The van der Waals surface area contributed by atoms with Gasteiger partial charge in [-0.05, 0) is 40.5 Å². The maximum absolute atomic E-state index is 13.3. The third kappa shape index (κ3) is 2.09. The van der Waals surface area contributed by atoms with Crippen molar-refractivity contribution >= 4 is 15.9 Å². The first-order valence-electron chi connectivity index (χ1n) is 4.70. The van der Waals surface area contributed by atoms with E-state index in [0.717, 1.165) is 23.4 Å². The van der Waals surface area contributed by atoms with Crippen LogP contribution in [0.5, 0.6) is 0 Å². The van der Waals surface area contributed by atoms with Gasteiger partial charge in [0.2, 0.25) is 0 Å². The first kappa shape index (κ1) is 10.4. The maximum atomic E-state index is 13.3. The van der Waals surface area contributed by atoms with E-state index in [9.17, 15) is 4.39 Å². The molecule has 0 unspecified atom stereocenters. The Morgan fingerprint density at radius 3 is 2.80 bits per heavy atom. The molecule has 2 nitrogen and oxygen atoms in total. The zero-order valence-corrected chi connectivity index (χ0v) is 9.81. The van der Waals surface area contributed by atoms with E-state index in [1.807, 2.05) is 19.1 Å². The number of benzene rings is 1. The number of aromatic amines is 1. The monoisotopic (exact) mass is 268 g/mol. The average Bonchev–Trinajstić information content (AvgIpc) is 2.70. The molecule has 1 N–H and O–H groups in total. The number of aromatic nitrogens is 2. The van der Waals surface area contributed by atoms with Crippen LogP contribution in [0.4, 0.5) is 4.39 Å². The number of hydrogen-bond donors (Lipinski definition) is 1. The molecule has 0 fully saturated rings. The van der Waals surface area contributed by atoms with Crippen LogP contribution in [-0.2, 0) is 6.42 Å². The Kier molecular flexibility index (Phi) is 2.86. The van der Waals surface area contributed by atoms with E-state index in [2.05, 4.69) is 26.1 Å². The number of aryl methyl sites for hydroxylation is 1. The Balaban J connectivity index is 2.40. The largest absolute Gasteiger partial charge is 0.282 e. The van der Waals surface area contributed by atoms with E-state index in [-0.39, 0.29) is 5.82 Å².